The summed E-state index contributed by atoms with van der Waals surface area (Å²) in [5.74, 6) is 0. The minimum atomic E-state index is -0.232. The van der Waals surface area contributed by atoms with Crippen molar-refractivity contribution in [1.29, 1.82) is 0 Å². The Morgan fingerprint density at radius 3 is 2.61 bits per heavy atom. The van der Waals surface area contributed by atoms with Crippen molar-refractivity contribution in [3.63, 3.8) is 0 Å². The van der Waals surface area contributed by atoms with Gasteiger partial charge < -0.3 is 15.5 Å². The van der Waals surface area contributed by atoms with Crippen LogP contribution in [0, 0.1) is 0 Å². The summed E-state index contributed by atoms with van der Waals surface area (Å²) in [5.41, 5.74) is 2.90. The fourth-order valence-electron chi connectivity index (χ4n) is 2.83. The molecule has 0 amide bonds. The van der Waals surface area contributed by atoms with E-state index in [-0.39, 0.29) is 30.7 Å². The number of hydrogen-bond acceptors (Lipinski definition) is 3. The van der Waals surface area contributed by atoms with E-state index in [1.807, 2.05) is 0 Å². The zero-order valence-corrected chi connectivity index (χ0v) is 11.2. The van der Waals surface area contributed by atoms with Gasteiger partial charge >= 0.3 is 0 Å². The molecule has 3 nitrogen and oxygen atoms in total. The van der Waals surface area contributed by atoms with E-state index in [2.05, 4.69) is 43.4 Å². The second-order valence-electron chi connectivity index (χ2n) is 5.79. The van der Waals surface area contributed by atoms with Crippen LogP contribution in [0.15, 0.2) is 24.3 Å². The highest BCUT2D eigenvalue weighted by molar-refractivity contribution is 5.38. The van der Waals surface area contributed by atoms with Gasteiger partial charge in [-0.05, 0) is 29.4 Å². The Morgan fingerprint density at radius 2 is 1.94 bits per heavy atom. The molecule has 0 heterocycles. The molecule has 2 rings (SSSR count). The topological polar surface area (TPSA) is 52.5 Å². The molecule has 0 fully saturated rings. The van der Waals surface area contributed by atoms with Gasteiger partial charge in [-0.25, -0.2) is 0 Å². The normalized spacial score (nSPS) is 21.9. The summed E-state index contributed by atoms with van der Waals surface area (Å²) in [7, 11) is 0. The third-order valence-electron chi connectivity index (χ3n) is 4.00. The van der Waals surface area contributed by atoms with E-state index in [1.54, 1.807) is 0 Å². The summed E-state index contributed by atoms with van der Waals surface area (Å²) < 4.78 is 0. The molecule has 1 aromatic rings. The molecular formula is C15H23NO2. The predicted molar refractivity (Wildman–Crippen MR) is 72.5 cm³/mol. The molecule has 18 heavy (non-hydrogen) atoms. The summed E-state index contributed by atoms with van der Waals surface area (Å²) >= 11 is 0. The van der Waals surface area contributed by atoms with E-state index < -0.39 is 0 Å². The second kappa shape index (κ2) is 5.39. The van der Waals surface area contributed by atoms with E-state index in [1.165, 1.54) is 11.1 Å². The molecular weight excluding hydrogens is 226 g/mol. The Kier molecular flexibility index (Phi) is 4.05. The fraction of sp³-hybridized carbons (Fsp3) is 0.600. The van der Waals surface area contributed by atoms with Gasteiger partial charge in [-0.2, -0.15) is 0 Å². The van der Waals surface area contributed by atoms with Crippen molar-refractivity contribution in [3.8, 4) is 0 Å². The average molecular weight is 249 g/mol. The van der Waals surface area contributed by atoms with Crippen LogP contribution in [0.5, 0.6) is 0 Å². The molecule has 3 heteroatoms. The summed E-state index contributed by atoms with van der Waals surface area (Å²) in [5, 5.41) is 21.7. The number of rotatable bonds is 4. The molecule has 0 bridgehead atoms. The van der Waals surface area contributed by atoms with Crippen LogP contribution in [0.1, 0.15) is 43.9 Å². The predicted octanol–water partition coefficient (Wildman–Crippen LogP) is 1.74. The minimum absolute atomic E-state index is 0.0292. The Bertz CT molecular complexity index is 399. The van der Waals surface area contributed by atoms with Crippen molar-refractivity contribution in [2.24, 2.45) is 0 Å². The van der Waals surface area contributed by atoms with Crippen LogP contribution in [0.2, 0.25) is 0 Å². The Labute approximate surface area is 109 Å². The Hall–Kier alpha value is -0.900. The molecule has 100 valence electrons. The number of fused-ring (bicyclic) bond motifs is 1. The highest BCUT2D eigenvalue weighted by Gasteiger charge is 2.32. The number of hydrogen-bond donors (Lipinski definition) is 3. The molecule has 3 N–H and O–H groups in total. The van der Waals surface area contributed by atoms with Gasteiger partial charge in [-0.15, -0.1) is 0 Å². The van der Waals surface area contributed by atoms with Crippen molar-refractivity contribution >= 4 is 0 Å². The summed E-state index contributed by atoms with van der Waals surface area (Å²) in [6.45, 7) is 4.49. The molecule has 1 aromatic carbocycles. The average Bonchev–Trinajstić information content (AvgIpc) is 2.38. The lowest BCUT2D eigenvalue weighted by molar-refractivity contribution is 0.156. The third-order valence-corrected chi connectivity index (χ3v) is 4.00. The van der Waals surface area contributed by atoms with Gasteiger partial charge in [-0.3, -0.25) is 0 Å². The lowest BCUT2D eigenvalue weighted by atomic mass is 9.71. The molecule has 0 aliphatic heterocycles. The van der Waals surface area contributed by atoms with Gasteiger partial charge in [0.2, 0.25) is 0 Å². The molecule has 0 spiro atoms. The van der Waals surface area contributed by atoms with E-state index in [0.717, 1.165) is 12.8 Å². The first kappa shape index (κ1) is 13.5. The minimum Gasteiger partial charge on any atom is -0.395 e. The van der Waals surface area contributed by atoms with E-state index in [0.29, 0.717) is 0 Å². The third kappa shape index (κ3) is 2.58. The van der Waals surface area contributed by atoms with Crippen LogP contribution in [0.25, 0.3) is 0 Å². The number of aliphatic hydroxyl groups is 2. The lowest BCUT2D eigenvalue weighted by Gasteiger charge is -2.38. The molecule has 1 unspecified atom stereocenters. The lowest BCUT2D eigenvalue weighted by Crippen LogP contribution is -2.41. The highest BCUT2D eigenvalue weighted by Crippen LogP contribution is 2.41. The zero-order chi connectivity index (χ0) is 13.2. The maximum absolute atomic E-state index is 9.18. The molecule has 0 aromatic heterocycles. The summed E-state index contributed by atoms with van der Waals surface area (Å²) in [4.78, 5) is 0. The fourth-order valence-corrected chi connectivity index (χ4v) is 2.83. The van der Waals surface area contributed by atoms with Gasteiger partial charge in [0, 0.05) is 6.04 Å². The molecule has 0 radical (unpaired) electrons. The first-order valence-corrected chi connectivity index (χ1v) is 6.65. The molecule has 0 saturated carbocycles. The van der Waals surface area contributed by atoms with E-state index >= 15 is 0 Å². The summed E-state index contributed by atoms with van der Waals surface area (Å²) in [6, 6.07) is 8.48. The second-order valence-corrected chi connectivity index (χ2v) is 5.79. The molecule has 1 atom stereocenters. The Morgan fingerprint density at radius 1 is 1.28 bits per heavy atom. The van der Waals surface area contributed by atoms with E-state index in [9.17, 15) is 10.2 Å². The quantitative estimate of drug-likeness (QED) is 0.762. The maximum Gasteiger partial charge on any atom is 0.0607 e. The standard InChI is InChI=1S/C15H23NO2/c1-15(2)8-7-14(16-11(9-17)10-18)12-5-3-4-6-13(12)15/h3-6,11,14,16-18H,7-10H2,1-2H3. The maximum atomic E-state index is 9.18. The monoisotopic (exact) mass is 249 g/mol. The van der Waals surface area contributed by atoms with Crippen LogP contribution >= 0.6 is 0 Å². The van der Waals surface area contributed by atoms with Gasteiger partial charge in [0.1, 0.15) is 0 Å². The van der Waals surface area contributed by atoms with Crippen LogP contribution in [-0.2, 0) is 5.41 Å². The number of benzene rings is 1. The zero-order valence-electron chi connectivity index (χ0n) is 11.2. The van der Waals surface area contributed by atoms with Crippen molar-refractivity contribution < 1.29 is 10.2 Å². The Balaban J connectivity index is 2.25. The van der Waals surface area contributed by atoms with Crippen molar-refractivity contribution in [2.75, 3.05) is 13.2 Å². The SMILES string of the molecule is CC1(C)CCC(NC(CO)CO)c2ccccc21. The summed E-state index contributed by atoms with van der Waals surface area (Å²) in [6.07, 6.45) is 2.16. The van der Waals surface area contributed by atoms with Crippen molar-refractivity contribution in [2.45, 2.75) is 44.2 Å². The largest absolute Gasteiger partial charge is 0.395 e. The highest BCUT2D eigenvalue weighted by atomic mass is 16.3. The molecule has 1 aliphatic rings. The molecule has 1 aliphatic carbocycles. The van der Waals surface area contributed by atoms with Gasteiger partial charge in [0.15, 0.2) is 0 Å². The van der Waals surface area contributed by atoms with Crippen LogP contribution in [-0.4, -0.2) is 29.5 Å². The van der Waals surface area contributed by atoms with Gasteiger partial charge in [-0.1, -0.05) is 38.1 Å². The first-order valence-electron chi connectivity index (χ1n) is 6.65. The van der Waals surface area contributed by atoms with Crippen LogP contribution < -0.4 is 5.32 Å². The van der Waals surface area contributed by atoms with E-state index in [4.69, 9.17) is 0 Å². The number of aliphatic hydroxyl groups excluding tert-OH is 2. The van der Waals surface area contributed by atoms with Crippen LogP contribution in [0.3, 0.4) is 0 Å². The van der Waals surface area contributed by atoms with Gasteiger partial charge in [0.05, 0.1) is 19.3 Å². The number of nitrogens with one attached hydrogen (secondary N) is 1. The van der Waals surface area contributed by atoms with Crippen molar-refractivity contribution in [1.82, 2.24) is 5.32 Å². The van der Waals surface area contributed by atoms with Crippen molar-refractivity contribution in [3.05, 3.63) is 35.4 Å². The smallest absolute Gasteiger partial charge is 0.0607 e. The molecule has 0 saturated heterocycles. The van der Waals surface area contributed by atoms with Gasteiger partial charge in [0.25, 0.3) is 0 Å². The first-order chi connectivity index (χ1) is 8.58. The van der Waals surface area contributed by atoms with Crippen LogP contribution in [0.4, 0.5) is 0 Å².